The lowest BCUT2D eigenvalue weighted by Gasteiger charge is -2.03. The Morgan fingerprint density at radius 2 is 2.12 bits per heavy atom. The summed E-state index contributed by atoms with van der Waals surface area (Å²) < 4.78 is 0. The summed E-state index contributed by atoms with van der Waals surface area (Å²) in [5.74, 6) is 0.00507. The van der Waals surface area contributed by atoms with Crippen LogP contribution in [-0.4, -0.2) is 20.9 Å². The molecule has 0 bridgehead atoms. The van der Waals surface area contributed by atoms with Gasteiger partial charge in [0.25, 0.3) is 0 Å². The Balaban J connectivity index is 1.42. The van der Waals surface area contributed by atoms with Gasteiger partial charge in [-0.1, -0.05) is 18.2 Å². The number of nitrogens with one attached hydrogen (secondary N) is 2. The second-order valence-corrected chi connectivity index (χ2v) is 7.17. The molecule has 0 spiro atoms. The summed E-state index contributed by atoms with van der Waals surface area (Å²) in [4.78, 5) is 25.4. The molecule has 26 heavy (non-hydrogen) atoms. The number of aromatic amines is 1. The Kier molecular flexibility index (Phi) is 4.50. The zero-order chi connectivity index (χ0) is 17.9. The number of aryl methyl sites for hydroxylation is 1. The molecule has 3 heterocycles. The molecule has 4 aromatic rings. The molecule has 5 nitrogen and oxygen atoms in total. The maximum absolute atomic E-state index is 12.4. The van der Waals surface area contributed by atoms with E-state index in [0.717, 1.165) is 37.6 Å². The van der Waals surface area contributed by atoms with E-state index in [1.54, 1.807) is 23.7 Å². The van der Waals surface area contributed by atoms with E-state index in [0.29, 0.717) is 13.0 Å². The number of para-hydroxylation sites is 1. The van der Waals surface area contributed by atoms with Gasteiger partial charge in [-0.3, -0.25) is 9.78 Å². The van der Waals surface area contributed by atoms with E-state index in [1.165, 1.54) is 0 Å². The number of rotatable bonds is 5. The average Bonchev–Trinajstić information content (AvgIpc) is 3.25. The van der Waals surface area contributed by atoms with Crippen LogP contribution < -0.4 is 5.32 Å². The van der Waals surface area contributed by atoms with E-state index in [2.05, 4.69) is 20.3 Å². The highest BCUT2D eigenvalue weighted by Gasteiger charge is 2.12. The number of amides is 1. The molecule has 0 saturated carbocycles. The lowest BCUT2D eigenvalue weighted by Crippen LogP contribution is -2.24. The SMILES string of the molecule is Cc1nc(-c2cccnc2)sc1CNC(=O)Cc1c[nH]c2ccccc12. The van der Waals surface area contributed by atoms with Gasteiger partial charge in [0.05, 0.1) is 18.7 Å². The van der Waals surface area contributed by atoms with Gasteiger partial charge in [0.2, 0.25) is 5.91 Å². The van der Waals surface area contributed by atoms with E-state index in [1.807, 2.05) is 49.5 Å². The minimum Gasteiger partial charge on any atom is -0.361 e. The fourth-order valence-electron chi connectivity index (χ4n) is 2.90. The fraction of sp³-hybridized carbons (Fsp3) is 0.150. The van der Waals surface area contributed by atoms with Crippen LogP contribution in [0.15, 0.2) is 55.0 Å². The quantitative estimate of drug-likeness (QED) is 0.566. The number of carbonyl (C=O) groups is 1. The third-order valence-electron chi connectivity index (χ3n) is 4.27. The Bertz CT molecular complexity index is 1050. The summed E-state index contributed by atoms with van der Waals surface area (Å²) in [5, 5.41) is 5.03. The van der Waals surface area contributed by atoms with E-state index in [-0.39, 0.29) is 5.91 Å². The highest BCUT2D eigenvalue weighted by atomic mass is 32.1. The average molecular weight is 362 g/mol. The van der Waals surface area contributed by atoms with Gasteiger partial charge in [-0.15, -0.1) is 11.3 Å². The third-order valence-corrected chi connectivity index (χ3v) is 5.48. The first-order valence-electron chi connectivity index (χ1n) is 8.39. The standard InChI is InChI=1S/C20H18N4OS/c1-13-18(26-20(24-13)14-5-4-8-21-10-14)12-23-19(25)9-15-11-22-17-7-3-2-6-16(15)17/h2-8,10-11,22H,9,12H2,1H3,(H,23,25). The van der Waals surface area contributed by atoms with Crippen LogP contribution in [0.3, 0.4) is 0 Å². The third kappa shape index (κ3) is 3.36. The Hall–Kier alpha value is -2.99. The van der Waals surface area contributed by atoms with Gasteiger partial charge in [-0.2, -0.15) is 0 Å². The van der Waals surface area contributed by atoms with Crippen molar-refractivity contribution in [3.8, 4) is 10.6 Å². The number of aromatic nitrogens is 3. The predicted octanol–water partition coefficient (Wildman–Crippen LogP) is 3.85. The maximum Gasteiger partial charge on any atom is 0.224 e. The highest BCUT2D eigenvalue weighted by molar-refractivity contribution is 7.15. The van der Waals surface area contributed by atoms with E-state index in [9.17, 15) is 4.79 Å². The first kappa shape index (κ1) is 16.5. The number of fused-ring (bicyclic) bond motifs is 1. The number of thiazole rings is 1. The minimum atomic E-state index is 0.00507. The normalized spacial score (nSPS) is 11.0. The molecule has 4 rings (SSSR count). The first-order chi connectivity index (χ1) is 12.7. The van der Waals surface area contributed by atoms with Crippen molar-refractivity contribution >= 4 is 28.1 Å². The van der Waals surface area contributed by atoms with E-state index < -0.39 is 0 Å². The molecule has 0 radical (unpaired) electrons. The van der Waals surface area contributed by atoms with Crippen molar-refractivity contribution in [3.63, 3.8) is 0 Å². The van der Waals surface area contributed by atoms with Crippen molar-refractivity contribution in [1.82, 2.24) is 20.3 Å². The highest BCUT2D eigenvalue weighted by Crippen LogP contribution is 2.27. The topological polar surface area (TPSA) is 70.7 Å². The molecule has 1 aromatic carbocycles. The van der Waals surface area contributed by atoms with Gasteiger partial charge in [0.1, 0.15) is 5.01 Å². The van der Waals surface area contributed by atoms with Crippen molar-refractivity contribution in [2.24, 2.45) is 0 Å². The second-order valence-electron chi connectivity index (χ2n) is 6.08. The molecule has 1 amide bonds. The summed E-state index contributed by atoms with van der Waals surface area (Å²) in [6.07, 6.45) is 5.81. The molecule has 0 unspecified atom stereocenters. The number of pyridine rings is 1. The Morgan fingerprint density at radius 3 is 2.96 bits per heavy atom. The molecule has 2 N–H and O–H groups in total. The fourth-order valence-corrected chi connectivity index (χ4v) is 3.89. The lowest BCUT2D eigenvalue weighted by atomic mass is 10.1. The molecule has 3 aromatic heterocycles. The van der Waals surface area contributed by atoms with Crippen molar-refractivity contribution in [2.75, 3.05) is 0 Å². The van der Waals surface area contributed by atoms with Crippen LogP contribution in [0.5, 0.6) is 0 Å². The van der Waals surface area contributed by atoms with Crippen LogP contribution in [0.4, 0.5) is 0 Å². The number of nitrogens with zero attached hydrogens (tertiary/aromatic N) is 2. The molecule has 0 aliphatic heterocycles. The van der Waals surface area contributed by atoms with Gasteiger partial charge in [0.15, 0.2) is 0 Å². The molecule has 0 saturated heterocycles. The molecule has 0 aliphatic rings. The van der Waals surface area contributed by atoms with Crippen molar-refractivity contribution < 1.29 is 4.79 Å². The van der Waals surface area contributed by atoms with Gasteiger partial charge in [-0.25, -0.2) is 4.98 Å². The van der Waals surface area contributed by atoms with Crippen LogP contribution in [0, 0.1) is 6.92 Å². The molecule has 0 fully saturated rings. The van der Waals surface area contributed by atoms with Crippen LogP contribution in [0.25, 0.3) is 21.5 Å². The van der Waals surface area contributed by atoms with Gasteiger partial charge >= 0.3 is 0 Å². The molecule has 0 atom stereocenters. The predicted molar refractivity (Wildman–Crippen MR) is 104 cm³/mol. The van der Waals surface area contributed by atoms with Gasteiger partial charge in [-0.05, 0) is 30.7 Å². The number of hydrogen-bond donors (Lipinski definition) is 2. The second kappa shape index (κ2) is 7.09. The number of hydrogen-bond acceptors (Lipinski definition) is 4. The van der Waals surface area contributed by atoms with E-state index in [4.69, 9.17) is 0 Å². The molecule has 0 aliphatic carbocycles. The van der Waals surface area contributed by atoms with Gasteiger partial charge in [0, 0.05) is 39.9 Å². The summed E-state index contributed by atoms with van der Waals surface area (Å²) in [7, 11) is 0. The summed E-state index contributed by atoms with van der Waals surface area (Å²) in [5.41, 5.74) is 4.00. The largest absolute Gasteiger partial charge is 0.361 e. The number of carbonyl (C=O) groups excluding carboxylic acids is 1. The Labute approximate surface area is 155 Å². The van der Waals surface area contributed by atoms with E-state index >= 15 is 0 Å². The maximum atomic E-state index is 12.4. The smallest absolute Gasteiger partial charge is 0.224 e. The zero-order valence-corrected chi connectivity index (χ0v) is 15.1. The summed E-state index contributed by atoms with van der Waals surface area (Å²) in [6.45, 7) is 2.46. The molecule has 6 heteroatoms. The van der Waals surface area contributed by atoms with Crippen molar-refractivity contribution in [1.29, 1.82) is 0 Å². The van der Waals surface area contributed by atoms with Crippen LogP contribution in [0.2, 0.25) is 0 Å². The lowest BCUT2D eigenvalue weighted by molar-refractivity contribution is -0.120. The number of benzene rings is 1. The van der Waals surface area contributed by atoms with Crippen molar-refractivity contribution in [2.45, 2.75) is 19.9 Å². The zero-order valence-electron chi connectivity index (χ0n) is 14.3. The van der Waals surface area contributed by atoms with Crippen LogP contribution in [-0.2, 0) is 17.8 Å². The van der Waals surface area contributed by atoms with Crippen LogP contribution in [0.1, 0.15) is 16.1 Å². The van der Waals surface area contributed by atoms with Crippen molar-refractivity contribution in [3.05, 3.63) is 71.1 Å². The minimum absolute atomic E-state index is 0.00507. The van der Waals surface area contributed by atoms with Crippen LogP contribution >= 0.6 is 11.3 Å². The molecular formula is C20H18N4OS. The Morgan fingerprint density at radius 1 is 1.23 bits per heavy atom. The summed E-state index contributed by atoms with van der Waals surface area (Å²) in [6, 6.07) is 11.9. The summed E-state index contributed by atoms with van der Waals surface area (Å²) >= 11 is 1.59. The monoisotopic (exact) mass is 362 g/mol. The molecule has 130 valence electrons. The van der Waals surface area contributed by atoms with Gasteiger partial charge < -0.3 is 10.3 Å². The number of H-pyrrole nitrogens is 1. The molecular weight excluding hydrogens is 344 g/mol. The first-order valence-corrected chi connectivity index (χ1v) is 9.21.